The van der Waals surface area contributed by atoms with E-state index in [1.54, 1.807) is 33.5 Å². The summed E-state index contributed by atoms with van der Waals surface area (Å²) in [6.45, 7) is 5.80. The van der Waals surface area contributed by atoms with Gasteiger partial charge in [0.15, 0.2) is 17.3 Å². The predicted octanol–water partition coefficient (Wildman–Crippen LogP) is 6.50. The van der Waals surface area contributed by atoms with Crippen LogP contribution in [0.3, 0.4) is 0 Å². The molecule has 0 radical (unpaired) electrons. The van der Waals surface area contributed by atoms with Gasteiger partial charge in [0, 0.05) is 34.5 Å². The number of hydrogen-bond donors (Lipinski definition) is 2. The maximum Gasteiger partial charge on any atom is 0.254 e. The quantitative estimate of drug-likeness (QED) is 0.297. The molecule has 0 unspecified atom stereocenters. The van der Waals surface area contributed by atoms with Crippen LogP contribution in [-0.2, 0) is 9.59 Å². The number of carbonyl (C=O) groups excluding carboxylic acids is 2. The zero-order valence-corrected chi connectivity index (χ0v) is 25.4. The van der Waals surface area contributed by atoms with Crippen LogP contribution in [-0.4, -0.2) is 39.1 Å². The van der Waals surface area contributed by atoms with E-state index < -0.39 is 5.92 Å². The molecule has 1 heterocycles. The number of ether oxygens (including phenoxy) is 4. The van der Waals surface area contributed by atoms with Crippen molar-refractivity contribution in [3.05, 3.63) is 100 Å². The van der Waals surface area contributed by atoms with Crippen LogP contribution in [0.4, 0.5) is 5.69 Å². The van der Waals surface area contributed by atoms with Gasteiger partial charge in [-0.1, -0.05) is 36.4 Å². The summed E-state index contributed by atoms with van der Waals surface area (Å²) in [5.41, 5.74) is 4.84. The van der Waals surface area contributed by atoms with Gasteiger partial charge in [-0.15, -0.1) is 0 Å². The highest BCUT2D eigenvalue weighted by molar-refractivity contribution is 6.10. The molecule has 0 fully saturated rings. The SMILES string of the molecule is COc1ccccc1NC(=O)C1=C(C)NC2=C(C(=O)C[C@H](c3ccc(OC)c(OC)c3)C2)[C@@H]1c1ccccc1OC(C)C. The van der Waals surface area contributed by atoms with Gasteiger partial charge in [0.05, 0.1) is 39.0 Å². The van der Waals surface area contributed by atoms with Crippen LogP contribution in [0, 0.1) is 0 Å². The molecule has 8 nitrogen and oxygen atoms in total. The van der Waals surface area contributed by atoms with Crippen molar-refractivity contribution in [1.29, 1.82) is 0 Å². The second-order valence-electron chi connectivity index (χ2n) is 11.0. The molecular weight excluding hydrogens is 544 g/mol. The lowest BCUT2D eigenvalue weighted by Gasteiger charge is -2.37. The summed E-state index contributed by atoms with van der Waals surface area (Å²) >= 11 is 0. The van der Waals surface area contributed by atoms with Crippen LogP contribution in [0.25, 0.3) is 0 Å². The van der Waals surface area contributed by atoms with E-state index >= 15 is 0 Å². The fraction of sp³-hybridized carbons (Fsp3) is 0.314. The van der Waals surface area contributed by atoms with Crippen molar-refractivity contribution < 1.29 is 28.5 Å². The minimum Gasteiger partial charge on any atom is -0.495 e. The molecule has 5 rings (SSSR count). The highest BCUT2D eigenvalue weighted by Crippen LogP contribution is 2.48. The molecule has 224 valence electrons. The van der Waals surface area contributed by atoms with Crippen molar-refractivity contribution in [3.8, 4) is 23.0 Å². The molecule has 3 aromatic rings. The van der Waals surface area contributed by atoms with Crippen LogP contribution in [0.5, 0.6) is 23.0 Å². The van der Waals surface area contributed by atoms with Crippen molar-refractivity contribution >= 4 is 17.4 Å². The fourth-order valence-corrected chi connectivity index (χ4v) is 6.01. The highest BCUT2D eigenvalue weighted by Gasteiger charge is 2.42. The maximum atomic E-state index is 14.2. The number of ketones is 1. The zero-order valence-electron chi connectivity index (χ0n) is 25.4. The lowest BCUT2D eigenvalue weighted by atomic mass is 9.71. The number of hydrogen-bond acceptors (Lipinski definition) is 7. The number of para-hydroxylation sites is 3. The van der Waals surface area contributed by atoms with Gasteiger partial charge < -0.3 is 29.6 Å². The lowest BCUT2D eigenvalue weighted by Crippen LogP contribution is -2.37. The van der Waals surface area contributed by atoms with Gasteiger partial charge in [0.2, 0.25) is 0 Å². The number of methoxy groups -OCH3 is 3. The van der Waals surface area contributed by atoms with Crippen LogP contribution in [0.1, 0.15) is 56.6 Å². The Morgan fingerprint density at radius 2 is 1.53 bits per heavy atom. The highest BCUT2D eigenvalue weighted by atomic mass is 16.5. The molecule has 1 aliphatic heterocycles. The third-order valence-electron chi connectivity index (χ3n) is 7.90. The summed E-state index contributed by atoms with van der Waals surface area (Å²) < 4.78 is 22.6. The number of anilines is 1. The largest absolute Gasteiger partial charge is 0.495 e. The second-order valence-corrected chi connectivity index (χ2v) is 11.0. The zero-order chi connectivity index (χ0) is 30.7. The van der Waals surface area contributed by atoms with E-state index in [2.05, 4.69) is 10.6 Å². The smallest absolute Gasteiger partial charge is 0.254 e. The summed E-state index contributed by atoms with van der Waals surface area (Å²) in [5, 5.41) is 6.48. The molecule has 2 N–H and O–H groups in total. The molecule has 0 spiro atoms. The fourth-order valence-electron chi connectivity index (χ4n) is 6.01. The minimum atomic E-state index is -0.625. The average Bonchev–Trinajstić information content (AvgIpc) is 3.00. The van der Waals surface area contributed by atoms with Crippen molar-refractivity contribution in [1.82, 2.24) is 5.32 Å². The number of dihydropyridines is 1. The molecule has 43 heavy (non-hydrogen) atoms. The molecule has 2 atom stereocenters. The molecule has 0 bridgehead atoms. The lowest BCUT2D eigenvalue weighted by molar-refractivity contribution is -0.116. The number of allylic oxidation sites excluding steroid dienone is 3. The first kappa shape index (κ1) is 29.8. The summed E-state index contributed by atoms with van der Waals surface area (Å²) in [6, 6.07) is 20.7. The van der Waals surface area contributed by atoms with Crippen molar-refractivity contribution in [2.75, 3.05) is 26.6 Å². The van der Waals surface area contributed by atoms with Gasteiger partial charge in [-0.3, -0.25) is 9.59 Å². The molecular formula is C35H38N2O6. The Bertz CT molecular complexity index is 1610. The first-order valence-electron chi connectivity index (χ1n) is 14.4. The molecule has 0 aromatic heterocycles. The third-order valence-corrected chi connectivity index (χ3v) is 7.90. The molecule has 1 aliphatic carbocycles. The van der Waals surface area contributed by atoms with Gasteiger partial charge in [-0.2, -0.15) is 0 Å². The van der Waals surface area contributed by atoms with E-state index in [9.17, 15) is 9.59 Å². The minimum absolute atomic E-state index is 0.0204. The molecule has 8 heteroatoms. The Morgan fingerprint density at radius 3 is 2.23 bits per heavy atom. The Balaban J connectivity index is 1.60. The van der Waals surface area contributed by atoms with E-state index in [1.165, 1.54) is 0 Å². The number of Topliss-reactive ketones (excluding diaryl/α,β-unsaturated/α-hetero) is 1. The summed E-state index contributed by atoms with van der Waals surface area (Å²) in [4.78, 5) is 28.3. The monoisotopic (exact) mass is 582 g/mol. The molecule has 3 aromatic carbocycles. The van der Waals surface area contributed by atoms with Gasteiger partial charge >= 0.3 is 0 Å². The van der Waals surface area contributed by atoms with E-state index in [1.807, 2.05) is 75.4 Å². The van der Waals surface area contributed by atoms with E-state index in [0.717, 1.165) is 16.8 Å². The van der Waals surface area contributed by atoms with Crippen molar-refractivity contribution in [2.45, 2.75) is 51.6 Å². The van der Waals surface area contributed by atoms with Gasteiger partial charge in [-0.05, 0) is 69.0 Å². The Morgan fingerprint density at radius 1 is 0.860 bits per heavy atom. The molecule has 2 aliphatic rings. The number of carbonyl (C=O) groups is 2. The van der Waals surface area contributed by atoms with Gasteiger partial charge in [-0.25, -0.2) is 0 Å². The van der Waals surface area contributed by atoms with E-state index in [-0.39, 0.29) is 23.7 Å². The Hall–Kier alpha value is -4.72. The topological polar surface area (TPSA) is 95.1 Å². The normalized spacial score (nSPS) is 18.2. The van der Waals surface area contributed by atoms with Crippen molar-refractivity contribution in [2.24, 2.45) is 0 Å². The van der Waals surface area contributed by atoms with Gasteiger partial charge in [0.25, 0.3) is 5.91 Å². The standard InChI is InChI=1S/C35H38N2O6/c1-20(2)43-28-13-9-7-11-24(28)33-32(35(39)37-25-12-8-10-14-29(25)40-4)21(3)36-26-17-23(18-27(38)34(26)33)22-15-16-30(41-5)31(19-22)42-6/h7-16,19-20,23,33,36H,17-18H2,1-6H3,(H,37,39)/t23-,33-/m1/s1. The Kier molecular flexibility index (Phi) is 8.76. The number of amides is 1. The molecule has 0 saturated carbocycles. The van der Waals surface area contributed by atoms with Crippen molar-refractivity contribution in [3.63, 3.8) is 0 Å². The van der Waals surface area contributed by atoms with E-state index in [0.29, 0.717) is 58.4 Å². The summed E-state index contributed by atoms with van der Waals surface area (Å²) in [6.07, 6.45) is 0.794. The first-order chi connectivity index (χ1) is 20.7. The molecule has 1 amide bonds. The third kappa shape index (κ3) is 5.95. The maximum absolute atomic E-state index is 14.2. The predicted molar refractivity (Wildman–Crippen MR) is 166 cm³/mol. The number of rotatable bonds is 9. The summed E-state index contributed by atoms with van der Waals surface area (Å²) in [5.74, 6) is 1.40. The Labute approximate surface area is 252 Å². The van der Waals surface area contributed by atoms with Crippen LogP contribution in [0.15, 0.2) is 89.3 Å². The van der Waals surface area contributed by atoms with Crippen LogP contribution < -0.4 is 29.6 Å². The molecule has 0 saturated heterocycles. The van der Waals surface area contributed by atoms with Crippen LogP contribution >= 0.6 is 0 Å². The summed E-state index contributed by atoms with van der Waals surface area (Å²) in [7, 11) is 4.76. The number of nitrogens with one attached hydrogen (secondary N) is 2. The van der Waals surface area contributed by atoms with Crippen LogP contribution in [0.2, 0.25) is 0 Å². The van der Waals surface area contributed by atoms with E-state index in [4.69, 9.17) is 18.9 Å². The van der Waals surface area contributed by atoms with Gasteiger partial charge in [0.1, 0.15) is 11.5 Å². The second kappa shape index (κ2) is 12.7. The number of benzene rings is 3. The first-order valence-corrected chi connectivity index (χ1v) is 14.4. The average molecular weight is 583 g/mol.